The van der Waals surface area contributed by atoms with Gasteiger partial charge in [0.05, 0.1) is 13.2 Å². The first-order valence-corrected chi connectivity index (χ1v) is 6.02. The van der Waals surface area contributed by atoms with Crippen molar-refractivity contribution in [1.29, 1.82) is 0 Å². The zero-order valence-corrected chi connectivity index (χ0v) is 10.0. The van der Waals surface area contributed by atoms with E-state index in [1.807, 2.05) is 6.92 Å². The maximum atomic E-state index is 10.8. The predicted octanol–water partition coefficient (Wildman–Crippen LogP) is 1.87. The third kappa shape index (κ3) is 2.95. The summed E-state index contributed by atoms with van der Waals surface area (Å²) in [5, 5.41) is 0. The minimum absolute atomic E-state index is 0.104. The average molecular weight is 228 g/mol. The summed E-state index contributed by atoms with van der Waals surface area (Å²) in [4.78, 5) is 10.8. The van der Waals surface area contributed by atoms with Crippen LogP contribution in [0, 0.1) is 5.92 Å². The fraction of sp³-hybridized carbons (Fsp3) is 0.917. The fourth-order valence-corrected chi connectivity index (χ4v) is 2.76. The molecule has 16 heavy (non-hydrogen) atoms. The summed E-state index contributed by atoms with van der Waals surface area (Å²) < 4.78 is 16.4. The third-order valence-electron chi connectivity index (χ3n) is 3.38. The normalized spacial score (nSPS) is 32.9. The number of ether oxygens (including phenoxy) is 3. The second-order valence-electron chi connectivity index (χ2n) is 4.95. The smallest absolute Gasteiger partial charge is 0.302 e. The van der Waals surface area contributed by atoms with Gasteiger partial charge < -0.3 is 14.2 Å². The van der Waals surface area contributed by atoms with E-state index in [1.165, 1.54) is 6.92 Å². The summed E-state index contributed by atoms with van der Waals surface area (Å²) in [5.41, 5.74) is 0. The lowest BCUT2D eigenvalue weighted by Gasteiger charge is -2.25. The van der Waals surface area contributed by atoms with Gasteiger partial charge in [-0.25, -0.2) is 0 Å². The van der Waals surface area contributed by atoms with E-state index in [1.54, 1.807) is 0 Å². The molecule has 0 aromatic carbocycles. The van der Waals surface area contributed by atoms with Crippen molar-refractivity contribution in [2.45, 2.75) is 51.4 Å². The summed E-state index contributed by atoms with van der Waals surface area (Å²) in [6, 6.07) is 0. The molecule has 2 unspecified atom stereocenters. The van der Waals surface area contributed by atoms with E-state index < -0.39 is 5.79 Å². The molecule has 1 heterocycles. The van der Waals surface area contributed by atoms with Gasteiger partial charge in [-0.05, 0) is 32.1 Å². The Labute approximate surface area is 96.2 Å². The van der Waals surface area contributed by atoms with Crippen LogP contribution in [-0.4, -0.2) is 31.1 Å². The molecule has 4 nitrogen and oxygen atoms in total. The highest BCUT2D eigenvalue weighted by Gasteiger charge is 2.37. The molecule has 0 bridgehead atoms. The standard InChI is InChI=1S/C12H20O4/c1-9(13)16-11-4-3-10(7-11)8-12(2)14-5-6-15-12/h10-11H,3-8H2,1-2H3. The highest BCUT2D eigenvalue weighted by atomic mass is 16.7. The molecule has 0 radical (unpaired) electrons. The van der Waals surface area contributed by atoms with Crippen molar-refractivity contribution in [3.63, 3.8) is 0 Å². The third-order valence-corrected chi connectivity index (χ3v) is 3.38. The van der Waals surface area contributed by atoms with E-state index in [-0.39, 0.29) is 12.1 Å². The summed E-state index contributed by atoms with van der Waals surface area (Å²) in [7, 11) is 0. The van der Waals surface area contributed by atoms with Crippen molar-refractivity contribution in [3.8, 4) is 0 Å². The fourth-order valence-electron chi connectivity index (χ4n) is 2.76. The van der Waals surface area contributed by atoms with E-state index in [0.29, 0.717) is 19.1 Å². The highest BCUT2D eigenvalue weighted by molar-refractivity contribution is 5.66. The molecule has 0 N–H and O–H groups in total. The van der Waals surface area contributed by atoms with Gasteiger partial charge in [0.2, 0.25) is 0 Å². The molecule has 1 aliphatic heterocycles. The molecule has 2 atom stereocenters. The van der Waals surface area contributed by atoms with Crippen LogP contribution in [0.1, 0.15) is 39.5 Å². The van der Waals surface area contributed by atoms with Crippen molar-refractivity contribution in [2.24, 2.45) is 5.92 Å². The molecule has 0 aromatic rings. The van der Waals surface area contributed by atoms with Gasteiger partial charge in [-0.3, -0.25) is 4.79 Å². The van der Waals surface area contributed by atoms with Crippen LogP contribution in [-0.2, 0) is 19.0 Å². The lowest BCUT2D eigenvalue weighted by molar-refractivity contribution is -0.155. The van der Waals surface area contributed by atoms with E-state index in [9.17, 15) is 4.79 Å². The van der Waals surface area contributed by atoms with Crippen LogP contribution in [0.2, 0.25) is 0 Å². The second kappa shape index (κ2) is 4.72. The van der Waals surface area contributed by atoms with Crippen LogP contribution in [0.5, 0.6) is 0 Å². The summed E-state index contributed by atoms with van der Waals surface area (Å²) in [6.07, 6.45) is 4.03. The zero-order valence-electron chi connectivity index (χ0n) is 10.0. The van der Waals surface area contributed by atoms with Gasteiger partial charge >= 0.3 is 5.97 Å². The van der Waals surface area contributed by atoms with Gasteiger partial charge in [-0.2, -0.15) is 0 Å². The molecule has 2 rings (SSSR count). The minimum Gasteiger partial charge on any atom is -0.463 e. The van der Waals surface area contributed by atoms with Crippen LogP contribution >= 0.6 is 0 Å². The Morgan fingerprint density at radius 3 is 2.69 bits per heavy atom. The molecule has 2 aliphatic rings. The lowest BCUT2D eigenvalue weighted by atomic mass is 9.98. The molecule has 2 fully saturated rings. The number of esters is 1. The Morgan fingerprint density at radius 1 is 1.38 bits per heavy atom. The first-order chi connectivity index (χ1) is 7.57. The number of carbonyl (C=O) groups excluding carboxylic acids is 1. The Bertz CT molecular complexity index is 258. The average Bonchev–Trinajstić information content (AvgIpc) is 2.75. The Balaban J connectivity index is 1.78. The predicted molar refractivity (Wildman–Crippen MR) is 57.8 cm³/mol. The van der Waals surface area contributed by atoms with E-state index in [0.717, 1.165) is 25.7 Å². The zero-order chi connectivity index (χ0) is 11.6. The van der Waals surface area contributed by atoms with Gasteiger partial charge in [-0.15, -0.1) is 0 Å². The molecular weight excluding hydrogens is 208 g/mol. The molecule has 0 spiro atoms. The van der Waals surface area contributed by atoms with Crippen molar-refractivity contribution in [3.05, 3.63) is 0 Å². The van der Waals surface area contributed by atoms with E-state index in [4.69, 9.17) is 14.2 Å². The van der Waals surface area contributed by atoms with Crippen LogP contribution in [0.15, 0.2) is 0 Å². The second-order valence-corrected chi connectivity index (χ2v) is 4.95. The summed E-state index contributed by atoms with van der Waals surface area (Å²) in [6.45, 7) is 4.85. The van der Waals surface area contributed by atoms with Crippen LogP contribution in [0.4, 0.5) is 0 Å². The Morgan fingerprint density at radius 2 is 2.06 bits per heavy atom. The SMILES string of the molecule is CC(=O)OC1CCC(CC2(C)OCCO2)C1. The van der Waals surface area contributed by atoms with Gasteiger partial charge in [0.15, 0.2) is 5.79 Å². The molecular formula is C12H20O4. The molecule has 0 amide bonds. The van der Waals surface area contributed by atoms with E-state index in [2.05, 4.69) is 0 Å². The number of hydrogen-bond donors (Lipinski definition) is 0. The van der Waals surface area contributed by atoms with E-state index >= 15 is 0 Å². The van der Waals surface area contributed by atoms with Crippen molar-refractivity contribution in [1.82, 2.24) is 0 Å². The van der Waals surface area contributed by atoms with Crippen LogP contribution in [0.3, 0.4) is 0 Å². The lowest BCUT2D eigenvalue weighted by Crippen LogP contribution is -2.28. The summed E-state index contributed by atoms with van der Waals surface area (Å²) >= 11 is 0. The van der Waals surface area contributed by atoms with Gasteiger partial charge in [0.1, 0.15) is 6.10 Å². The molecule has 4 heteroatoms. The maximum absolute atomic E-state index is 10.8. The minimum atomic E-state index is -0.407. The number of carbonyl (C=O) groups is 1. The quantitative estimate of drug-likeness (QED) is 0.692. The molecule has 1 saturated carbocycles. The molecule has 1 saturated heterocycles. The number of rotatable bonds is 3. The molecule has 0 aromatic heterocycles. The van der Waals surface area contributed by atoms with Crippen molar-refractivity contribution < 1.29 is 19.0 Å². The maximum Gasteiger partial charge on any atom is 0.302 e. The van der Waals surface area contributed by atoms with Gasteiger partial charge in [-0.1, -0.05) is 0 Å². The molecule has 1 aliphatic carbocycles. The first-order valence-electron chi connectivity index (χ1n) is 6.02. The summed E-state index contributed by atoms with van der Waals surface area (Å²) in [5.74, 6) is -0.0341. The van der Waals surface area contributed by atoms with Gasteiger partial charge in [0.25, 0.3) is 0 Å². The number of hydrogen-bond acceptors (Lipinski definition) is 4. The van der Waals surface area contributed by atoms with Gasteiger partial charge in [0, 0.05) is 13.3 Å². The monoisotopic (exact) mass is 228 g/mol. The Kier molecular flexibility index (Phi) is 3.50. The van der Waals surface area contributed by atoms with Crippen LogP contribution < -0.4 is 0 Å². The van der Waals surface area contributed by atoms with Crippen molar-refractivity contribution in [2.75, 3.05) is 13.2 Å². The van der Waals surface area contributed by atoms with Crippen molar-refractivity contribution >= 4 is 5.97 Å². The topological polar surface area (TPSA) is 44.8 Å². The molecule has 92 valence electrons. The first kappa shape index (κ1) is 11.9. The Hall–Kier alpha value is -0.610. The largest absolute Gasteiger partial charge is 0.463 e. The highest BCUT2D eigenvalue weighted by Crippen LogP contribution is 2.36. The van der Waals surface area contributed by atoms with Crippen LogP contribution in [0.25, 0.3) is 0 Å².